The molecule has 2 rings (SSSR count). The number of hydrogen-bond acceptors (Lipinski definition) is 4. The van der Waals surface area contributed by atoms with Gasteiger partial charge in [-0.1, -0.05) is 57.0 Å². The lowest BCUT2D eigenvalue weighted by molar-refractivity contribution is 0.0264. The molecule has 2 aromatic rings. The molecule has 1 unspecified atom stereocenters. The van der Waals surface area contributed by atoms with Crippen molar-refractivity contribution < 1.29 is 19.7 Å². The van der Waals surface area contributed by atoms with E-state index in [-0.39, 0.29) is 17.4 Å². The topological polar surface area (TPSA) is 66.8 Å². The summed E-state index contributed by atoms with van der Waals surface area (Å²) < 4.78 is 5.41. The second kappa shape index (κ2) is 12.0. The van der Waals surface area contributed by atoms with E-state index in [4.69, 9.17) is 9.84 Å². The highest BCUT2D eigenvalue weighted by Gasteiger charge is 2.16. The van der Waals surface area contributed by atoms with Crippen LogP contribution in [0.4, 0.5) is 0 Å². The first-order chi connectivity index (χ1) is 12.1. The Labute approximate surface area is 150 Å². The van der Waals surface area contributed by atoms with Crippen molar-refractivity contribution in [1.82, 2.24) is 0 Å². The largest absolute Gasteiger partial charge is 0.508 e. The zero-order valence-electron chi connectivity index (χ0n) is 15.0. The third kappa shape index (κ3) is 8.25. The number of benzene rings is 2. The van der Waals surface area contributed by atoms with Crippen LogP contribution in [-0.4, -0.2) is 22.3 Å². The van der Waals surface area contributed by atoms with E-state index in [0.717, 1.165) is 32.1 Å². The summed E-state index contributed by atoms with van der Waals surface area (Å²) in [6, 6.07) is 15.2. The number of hydrogen-bond donors (Lipinski definition) is 2. The van der Waals surface area contributed by atoms with Crippen molar-refractivity contribution in [3.63, 3.8) is 0 Å². The van der Waals surface area contributed by atoms with Crippen molar-refractivity contribution in [2.45, 2.75) is 52.1 Å². The highest BCUT2D eigenvalue weighted by atomic mass is 16.5. The summed E-state index contributed by atoms with van der Waals surface area (Å²) in [6.07, 6.45) is 5.04. The van der Waals surface area contributed by atoms with Gasteiger partial charge in [0.15, 0.2) is 0 Å². The van der Waals surface area contributed by atoms with Gasteiger partial charge in [-0.25, -0.2) is 4.79 Å². The van der Waals surface area contributed by atoms with Crippen LogP contribution in [0.25, 0.3) is 0 Å². The molecule has 25 heavy (non-hydrogen) atoms. The second-order valence-electron chi connectivity index (χ2n) is 5.78. The lowest BCUT2D eigenvalue weighted by atomic mass is 10.1. The van der Waals surface area contributed by atoms with Crippen LogP contribution in [0.3, 0.4) is 0 Å². The number of phenols is 2. The number of rotatable bonds is 7. The van der Waals surface area contributed by atoms with Crippen LogP contribution in [0.15, 0.2) is 54.6 Å². The molecule has 0 saturated carbocycles. The normalized spacial score (nSPS) is 11.1. The number of aromatic hydroxyl groups is 2. The standard InChI is InChI=1S/C15H22O3.C6H6O/c1-3-5-6-9-12(4-2)18-15(17)13-10-7-8-11-14(13)16;7-6-4-2-1-3-5-6/h7-8,10-12,16H,3-6,9H2,1-2H3;1-5,7H. The molecule has 2 N–H and O–H groups in total. The van der Waals surface area contributed by atoms with Crippen LogP contribution in [0, 0.1) is 0 Å². The Balaban J connectivity index is 0.000000370. The molecule has 0 fully saturated rings. The predicted molar refractivity (Wildman–Crippen MR) is 99.9 cm³/mol. The summed E-state index contributed by atoms with van der Waals surface area (Å²) in [7, 11) is 0. The fourth-order valence-corrected chi connectivity index (χ4v) is 2.26. The van der Waals surface area contributed by atoms with Gasteiger partial charge in [0, 0.05) is 0 Å². The summed E-state index contributed by atoms with van der Waals surface area (Å²) in [5.41, 5.74) is 0.242. The fourth-order valence-electron chi connectivity index (χ4n) is 2.26. The molecule has 1 atom stereocenters. The molecule has 0 aliphatic rings. The van der Waals surface area contributed by atoms with Crippen LogP contribution < -0.4 is 0 Å². The smallest absolute Gasteiger partial charge is 0.342 e. The molecular formula is C21H28O4. The van der Waals surface area contributed by atoms with Crippen molar-refractivity contribution in [2.75, 3.05) is 0 Å². The minimum absolute atomic E-state index is 0.0223. The van der Waals surface area contributed by atoms with Gasteiger partial charge in [-0.05, 0) is 43.5 Å². The van der Waals surface area contributed by atoms with E-state index in [9.17, 15) is 9.90 Å². The zero-order chi connectivity index (χ0) is 18.5. The summed E-state index contributed by atoms with van der Waals surface area (Å²) in [4.78, 5) is 11.9. The summed E-state index contributed by atoms with van der Waals surface area (Å²) in [6.45, 7) is 4.16. The zero-order valence-corrected chi connectivity index (χ0v) is 15.0. The van der Waals surface area contributed by atoms with Gasteiger partial charge >= 0.3 is 5.97 Å². The van der Waals surface area contributed by atoms with E-state index in [1.165, 1.54) is 6.07 Å². The molecule has 0 radical (unpaired) electrons. The summed E-state index contributed by atoms with van der Waals surface area (Å²) in [5, 5.41) is 18.2. The molecule has 0 bridgehead atoms. The SMILES string of the molecule is CCCCCC(CC)OC(=O)c1ccccc1O.Oc1ccccc1. The van der Waals surface area contributed by atoms with Crippen LogP contribution in [0.5, 0.6) is 11.5 Å². The maximum Gasteiger partial charge on any atom is 0.342 e. The fraction of sp³-hybridized carbons (Fsp3) is 0.381. The first kappa shape index (κ1) is 20.6. The molecule has 136 valence electrons. The average Bonchev–Trinajstić information content (AvgIpc) is 2.62. The monoisotopic (exact) mass is 344 g/mol. The van der Waals surface area contributed by atoms with E-state index >= 15 is 0 Å². The molecule has 0 aliphatic heterocycles. The third-order valence-corrected chi connectivity index (χ3v) is 3.74. The Morgan fingerprint density at radius 1 is 0.960 bits per heavy atom. The van der Waals surface area contributed by atoms with Gasteiger partial charge in [0.05, 0.1) is 0 Å². The van der Waals surface area contributed by atoms with Crippen molar-refractivity contribution in [3.05, 3.63) is 60.2 Å². The minimum atomic E-state index is -0.434. The first-order valence-corrected chi connectivity index (χ1v) is 8.81. The van der Waals surface area contributed by atoms with Crippen molar-refractivity contribution in [1.29, 1.82) is 0 Å². The Hall–Kier alpha value is -2.49. The first-order valence-electron chi connectivity index (χ1n) is 8.81. The van der Waals surface area contributed by atoms with Crippen LogP contribution in [0.2, 0.25) is 0 Å². The van der Waals surface area contributed by atoms with Gasteiger partial charge in [-0.2, -0.15) is 0 Å². The van der Waals surface area contributed by atoms with E-state index < -0.39 is 5.97 Å². The van der Waals surface area contributed by atoms with E-state index in [1.54, 1.807) is 42.5 Å². The van der Waals surface area contributed by atoms with Gasteiger partial charge in [0.2, 0.25) is 0 Å². The molecule has 0 amide bonds. The highest BCUT2D eigenvalue weighted by molar-refractivity contribution is 5.92. The highest BCUT2D eigenvalue weighted by Crippen LogP contribution is 2.19. The Kier molecular flexibility index (Phi) is 9.83. The quantitative estimate of drug-likeness (QED) is 0.528. The average molecular weight is 344 g/mol. The number of unbranched alkanes of at least 4 members (excludes halogenated alkanes) is 2. The third-order valence-electron chi connectivity index (χ3n) is 3.74. The van der Waals surface area contributed by atoms with E-state index in [0.29, 0.717) is 5.75 Å². The van der Waals surface area contributed by atoms with Gasteiger partial charge in [-0.3, -0.25) is 0 Å². The second-order valence-corrected chi connectivity index (χ2v) is 5.78. The Morgan fingerprint density at radius 2 is 1.60 bits per heavy atom. The van der Waals surface area contributed by atoms with Crippen LogP contribution in [0.1, 0.15) is 56.3 Å². The van der Waals surface area contributed by atoms with Crippen molar-refractivity contribution in [3.8, 4) is 11.5 Å². The minimum Gasteiger partial charge on any atom is -0.508 e. The lowest BCUT2D eigenvalue weighted by Gasteiger charge is -2.16. The molecule has 0 spiro atoms. The molecule has 4 heteroatoms. The van der Waals surface area contributed by atoms with Crippen molar-refractivity contribution >= 4 is 5.97 Å². The van der Waals surface area contributed by atoms with E-state index in [1.807, 2.05) is 13.0 Å². The molecule has 0 saturated heterocycles. The van der Waals surface area contributed by atoms with Crippen LogP contribution in [-0.2, 0) is 4.74 Å². The molecule has 0 aromatic heterocycles. The van der Waals surface area contributed by atoms with Gasteiger partial charge < -0.3 is 14.9 Å². The lowest BCUT2D eigenvalue weighted by Crippen LogP contribution is -2.17. The van der Waals surface area contributed by atoms with Gasteiger partial charge in [-0.15, -0.1) is 0 Å². The Bertz CT molecular complexity index is 610. The molecule has 2 aromatic carbocycles. The molecule has 0 heterocycles. The number of para-hydroxylation sites is 2. The number of carbonyl (C=O) groups excluding carboxylic acids is 1. The molecule has 0 aliphatic carbocycles. The summed E-state index contributed by atoms with van der Waals surface area (Å²) in [5.74, 6) is -0.134. The number of phenolic OH excluding ortho intramolecular Hbond substituents is 2. The van der Waals surface area contributed by atoms with Gasteiger partial charge in [0.1, 0.15) is 23.2 Å². The van der Waals surface area contributed by atoms with Crippen molar-refractivity contribution in [2.24, 2.45) is 0 Å². The predicted octanol–water partition coefficient (Wildman–Crippen LogP) is 5.30. The summed E-state index contributed by atoms with van der Waals surface area (Å²) >= 11 is 0. The molecular weight excluding hydrogens is 316 g/mol. The maximum atomic E-state index is 11.9. The number of esters is 1. The van der Waals surface area contributed by atoms with Crippen LogP contribution >= 0.6 is 0 Å². The van der Waals surface area contributed by atoms with E-state index in [2.05, 4.69) is 6.92 Å². The number of carbonyl (C=O) groups is 1. The molecule has 4 nitrogen and oxygen atoms in total. The Morgan fingerprint density at radius 3 is 2.12 bits per heavy atom. The number of ether oxygens (including phenoxy) is 1. The van der Waals surface area contributed by atoms with Gasteiger partial charge in [0.25, 0.3) is 0 Å². The maximum absolute atomic E-state index is 11.9.